The van der Waals surface area contributed by atoms with Crippen LogP contribution in [0.3, 0.4) is 0 Å². The molecule has 3 aromatic rings. The lowest BCUT2D eigenvalue weighted by Crippen LogP contribution is -1.96. The number of amides is 1. The fourth-order valence-corrected chi connectivity index (χ4v) is 1.88. The molecular formula is C14H13N5O2. The van der Waals surface area contributed by atoms with E-state index in [9.17, 15) is 4.79 Å². The largest absolute Gasteiger partial charge is 0.438 e. The van der Waals surface area contributed by atoms with Crippen molar-refractivity contribution in [2.45, 2.75) is 0 Å². The van der Waals surface area contributed by atoms with E-state index in [1.54, 1.807) is 48.1 Å². The smallest absolute Gasteiger partial charge is 0.237 e. The third-order valence-electron chi connectivity index (χ3n) is 2.83. The number of rotatable bonds is 5. The predicted octanol–water partition coefficient (Wildman–Crippen LogP) is 2.13. The molecule has 21 heavy (non-hydrogen) atoms. The topological polar surface area (TPSA) is 80.5 Å². The first-order valence-electron chi connectivity index (χ1n) is 6.31. The Morgan fingerprint density at radius 2 is 2.19 bits per heavy atom. The maximum atomic E-state index is 10.4. The summed E-state index contributed by atoms with van der Waals surface area (Å²) in [7, 11) is 1.80. The highest BCUT2D eigenvalue weighted by Gasteiger charge is 2.04. The zero-order chi connectivity index (χ0) is 14.7. The monoisotopic (exact) mass is 283 g/mol. The van der Waals surface area contributed by atoms with Crippen LogP contribution in [0.25, 0.3) is 5.65 Å². The van der Waals surface area contributed by atoms with E-state index in [1.165, 1.54) is 0 Å². The number of carbonyl (C=O) groups excluding carboxylic acids is 1. The minimum atomic E-state index is 0.436. The van der Waals surface area contributed by atoms with Crippen molar-refractivity contribution in [3.8, 4) is 11.6 Å². The van der Waals surface area contributed by atoms with Gasteiger partial charge in [-0.1, -0.05) is 6.07 Å². The standard InChI is InChI=1S/C14H13N5O2/c1-15-12-8-19-13(17-12)5-6-14(18-19)21-11-4-2-3-10(7-11)16-9-20/h2-9,15H,1H3,(H,16,20). The van der Waals surface area contributed by atoms with Gasteiger partial charge in [0.2, 0.25) is 12.3 Å². The number of nitrogens with zero attached hydrogens (tertiary/aromatic N) is 3. The molecule has 7 heteroatoms. The van der Waals surface area contributed by atoms with E-state index in [-0.39, 0.29) is 0 Å². The number of hydrogen-bond donors (Lipinski definition) is 2. The average Bonchev–Trinajstić information content (AvgIpc) is 2.90. The number of fused-ring (bicyclic) bond motifs is 1. The summed E-state index contributed by atoms with van der Waals surface area (Å²) in [6.07, 6.45) is 2.39. The fourth-order valence-electron chi connectivity index (χ4n) is 1.88. The van der Waals surface area contributed by atoms with E-state index in [4.69, 9.17) is 4.74 Å². The molecule has 0 radical (unpaired) electrons. The summed E-state index contributed by atoms with van der Waals surface area (Å²) in [6.45, 7) is 0. The molecule has 0 saturated heterocycles. The van der Waals surface area contributed by atoms with Gasteiger partial charge in [-0.3, -0.25) is 4.79 Å². The van der Waals surface area contributed by atoms with E-state index in [2.05, 4.69) is 20.7 Å². The van der Waals surface area contributed by atoms with Crippen LogP contribution in [0.5, 0.6) is 11.6 Å². The van der Waals surface area contributed by atoms with Crippen LogP contribution in [-0.2, 0) is 4.79 Å². The van der Waals surface area contributed by atoms with E-state index >= 15 is 0 Å². The number of ether oxygens (including phenoxy) is 1. The Kier molecular flexibility index (Phi) is 3.38. The maximum Gasteiger partial charge on any atom is 0.237 e. The van der Waals surface area contributed by atoms with E-state index in [0.29, 0.717) is 23.7 Å². The maximum absolute atomic E-state index is 10.4. The molecule has 1 aromatic carbocycles. The lowest BCUT2D eigenvalue weighted by Gasteiger charge is -2.06. The Labute approximate surface area is 120 Å². The van der Waals surface area contributed by atoms with Gasteiger partial charge in [-0.2, -0.15) is 0 Å². The molecular weight excluding hydrogens is 270 g/mol. The van der Waals surface area contributed by atoms with Crippen molar-refractivity contribution >= 4 is 23.6 Å². The van der Waals surface area contributed by atoms with Gasteiger partial charge in [0.25, 0.3) is 0 Å². The Morgan fingerprint density at radius 3 is 3.00 bits per heavy atom. The Hall–Kier alpha value is -3.09. The number of benzene rings is 1. The second kappa shape index (κ2) is 5.49. The van der Waals surface area contributed by atoms with Crippen LogP contribution in [0.2, 0.25) is 0 Å². The van der Waals surface area contributed by atoms with Gasteiger partial charge in [-0.15, -0.1) is 5.10 Å². The average molecular weight is 283 g/mol. The van der Waals surface area contributed by atoms with Crippen molar-refractivity contribution in [2.24, 2.45) is 0 Å². The van der Waals surface area contributed by atoms with Crippen LogP contribution in [0, 0.1) is 0 Å². The molecule has 0 aliphatic carbocycles. The summed E-state index contributed by atoms with van der Waals surface area (Å²) < 4.78 is 7.31. The molecule has 3 rings (SSSR count). The number of aromatic nitrogens is 3. The molecule has 106 valence electrons. The van der Waals surface area contributed by atoms with E-state index in [0.717, 1.165) is 11.5 Å². The molecule has 0 unspecified atom stereocenters. The van der Waals surface area contributed by atoms with Crippen molar-refractivity contribution in [3.05, 3.63) is 42.6 Å². The number of imidazole rings is 1. The Morgan fingerprint density at radius 1 is 1.29 bits per heavy atom. The third kappa shape index (κ3) is 2.76. The Balaban J connectivity index is 1.86. The highest BCUT2D eigenvalue weighted by Crippen LogP contribution is 2.23. The lowest BCUT2D eigenvalue weighted by molar-refractivity contribution is -0.105. The highest BCUT2D eigenvalue weighted by molar-refractivity contribution is 5.71. The quantitative estimate of drug-likeness (QED) is 0.701. The summed E-state index contributed by atoms with van der Waals surface area (Å²) >= 11 is 0. The first kappa shape index (κ1) is 12.9. The number of nitrogens with one attached hydrogen (secondary N) is 2. The first-order valence-corrected chi connectivity index (χ1v) is 6.31. The van der Waals surface area contributed by atoms with Crippen LogP contribution >= 0.6 is 0 Å². The van der Waals surface area contributed by atoms with Crippen molar-refractivity contribution in [2.75, 3.05) is 17.7 Å². The van der Waals surface area contributed by atoms with Gasteiger partial charge in [-0.05, 0) is 18.2 Å². The van der Waals surface area contributed by atoms with Crippen molar-refractivity contribution in [1.82, 2.24) is 14.6 Å². The molecule has 0 spiro atoms. The number of hydrogen-bond acceptors (Lipinski definition) is 5. The minimum Gasteiger partial charge on any atom is -0.438 e. The molecule has 2 aromatic heterocycles. The van der Waals surface area contributed by atoms with Crippen LogP contribution in [-0.4, -0.2) is 28.1 Å². The second-order valence-electron chi connectivity index (χ2n) is 4.24. The predicted molar refractivity (Wildman–Crippen MR) is 78.7 cm³/mol. The summed E-state index contributed by atoms with van der Waals surface area (Å²) in [4.78, 5) is 14.7. The van der Waals surface area contributed by atoms with E-state index < -0.39 is 0 Å². The molecule has 0 bridgehead atoms. The van der Waals surface area contributed by atoms with Crippen LogP contribution < -0.4 is 15.4 Å². The molecule has 2 heterocycles. The molecule has 2 N–H and O–H groups in total. The van der Waals surface area contributed by atoms with Gasteiger partial charge in [0, 0.05) is 24.9 Å². The number of anilines is 2. The summed E-state index contributed by atoms with van der Waals surface area (Å²) in [6, 6.07) is 10.6. The van der Waals surface area contributed by atoms with Gasteiger partial charge < -0.3 is 15.4 Å². The third-order valence-corrected chi connectivity index (χ3v) is 2.83. The SMILES string of the molecule is CNc1cn2nc(Oc3cccc(NC=O)c3)ccc2n1. The van der Waals surface area contributed by atoms with E-state index in [1.807, 2.05) is 6.07 Å². The molecule has 0 fully saturated rings. The van der Waals surface area contributed by atoms with Crippen molar-refractivity contribution in [1.29, 1.82) is 0 Å². The second-order valence-corrected chi connectivity index (χ2v) is 4.24. The molecule has 7 nitrogen and oxygen atoms in total. The van der Waals surface area contributed by atoms with Crippen LogP contribution in [0.4, 0.5) is 11.5 Å². The zero-order valence-corrected chi connectivity index (χ0v) is 11.3. The van der Waals surface area contributed by atoms with Gasteiger partial charge >= 0.3 is 0 Å². The first-order chi connectivity index (χ1) is 10.3. The van der Waals surface area contributed by atoms with Gasteiger partial charge in [0.05, 0.1) is 6.20 Å². The minimum absolute atomic E-state index is 0.436. The van der Waals surface area contributed by atoms with Gasteiger partial charge in [0.1, 0.15) is 11.6 Å². The van der Waals surface area contributed by atoms with Gasteiger partial charge in [0.15, 0.2) is 5.65 Å². The zero-order valence-electron chi connectivity index (χ0n) is 11.3. The van der Waals surface area contributed by atoms with Gasteiger partial charge in [-0.25, -0.2) is 9.50 Å². The Bertz CT molecular complexity index is 784. The van der Waals surface area contributed by atoms with Crippen LogP contribution in [0.1, 0.15) is 0 Å². The summed E-state index contributed by atoms with van der Waals surface area (Å²) in [5, 5.41) is 9.84. The van der Waals surface area contributed by atoms with Crippen LogP contribution in [0.15, 0.2) is 42.6 Å². The number of carbonyl (C=O) groups is 1. The molecule has 0 atom stereocenters. The summed E-state index contributed by atoms with van der Waals surface area (Å²) in [5.74, 6) is 1.75. The molecule has 0 aliphatic rings. The summed E-state index contributed by atoms with van der Waals surface area (Å²) in [5.41, 5.74) is 1.38. The molecule has 0 saturated carbocycles. The molecule has 0 aliphatic heterocycles. The molecule has 1 amide bonds. The lowest BCUT2D eigenvalue weighted by atomic mass is 10.3. The highest BCUT2D eigenvalue weighted by atomic mass is 16.5. The van der Waals surface area contributed by atoms with Crippen molar-refractivity contribution in [3.63, 3.8) is 0 Å². The van der Waals surface area contributed by atoms with Crippen molar-refractivity contribution < 1.29 is 9.53 Å². The fraction of sp³-hybridized carbons (Fsp3) is 0.0714. The normalized spacial score (nSPS) is 10.3.